The number of ether oxygens (including phenoxy) is 2. The molecule has 0 fully saturated rings. The van der Waals surface area contributed by atoms with Gasteiger partial charge in [0.25, 0.3) is 5.56 Å². The maximum absolute atomic E-state index is 14.0. The van der Waals surface area contributed by atoms with Gasteiger partial charge in [0.05, 0.1) is 24.2 Å². The molecule has 0 aliphatic rings. The molecular formula is C23H17ClFN3O4. The minimum absolute atomic E-state index is 0.0813. The molecule has 1 aromatic heterocycles. The summed E-state index contributed by atoms with van der Waals surface area (Å²) in [4.78, 5) is 27.7. The first-order chi connectivity index (χ1) is 15.5. The van der Waals surface area contributed by atoms with Gasteiger partial charge in [-0.25, -0.2) is 9.18 Å². The molecule has 7 nitrogen and oxygen atoms in total. The topological polar surface area (TPSA) is 85.7 Å². The van der Waals surface area contributed by atoms with Crippen molar-refractivity contribution in [2.75, 3.05) is 7.11 Å². The van der Waals surface area contributed by atoms with Crippen molar-refractivity contribution in [2.45, 2.75) is 6.61 Å². The number of H-pyrrole nitrogens is 1. The highest BCUT2D eigenvalue weighted by atomic mass is 35.5. The molecule has 162 valence electrons. The third kappa shape index (κ3) is 4.26. The molecule has 0 atom stereocenters. The molecule has 4 aromatic rings. The molecule has 0 saturated carbocycles. The van der Waals surface area contributed by atoms with Gasteiger partial charge < -0.3 is 14.5 Å². The van der Waals surface area contributed by atoms with E-state index in [0.29, 0.717) is 31.7 Å². The third-order valence-electron chi connectivity index (χ3n) is 4.69. The second kappa shape index (κ2) is 9.07. The van der Waals surface area contributed by atoms with Gasteiger partial charge in [0.15, 0.2) is 11.5 Å². The van der Waals surface area contributed by atoms with Crippen LogP contribution in [-0.4, -0.2) is 23.0 Å². The normalized spacial score (nSPS) is 11.2. The van der Waals surface area contributed by atoms with Crippen molar-refractivity contribution in [3.05, 3.63) is 103 Å². The minimum Gasteiger partial charge on any atom is -0.493 e. The predicted octanol–water partition coefficient (Wildman–Crippen LogP) is 3.95. The minimum atomic E-state index is -0.701. The highest BCUT2D eigenvalue weighted by molar-refractivity contribution is 6.31. The van der Waals surface area contributed by atoms with E-state index in [1.165, 1.54) is 31.5 Å². The molecule has 1 heterocycles. The van der Waals surface area contributed by atoms with Crippen molar-refractivity contribution in [1.29, 1.82) is 0 Å². The van der Waals surface area contributed by atoms with Crippen molar-refractivity contribution >= 4 is 28.7 Å². The number of nitrogens with one attached hydrogen (secondary N) is 1. The Labute approximate surface area is 186 Å². The van der Waals surface area contributed by atoms with Crippen LogP contribution in [0.25, 0.3) is 10.9 Å². The van der Waals surface area contributed by atoms with E-state index in [4.69, 9.17) is 21.1 Å². The summed E-state index contributed by atoms with van der Waals surface area (Å²) >= 11 is 6.17. The maximum atomic E-state index is 14.0. The molecule has 0 saturated heterocycles. The highest BCUT2D eigenvalue weighted by Crippen LogP contribution is 2.34. The number of aromatic amines is 1. The first-order valence-corrected chi connectivity index (χ1v) is 9.88. The van der Waals surface area contributed by atoms with E-state index in [-0.39, 0.29) is 18.1 Å². The Bertz CT molecular complexity index is 1450. The number of aromatic nitrogens is 2. The molecule has 0 aliphatic heterocycles. The van der Waals surface area contributed by atoms with E-state index in [9.17, 15) is 14.0 Å². The van der Waals surface area contributed by atoms with Gasteiger partial charge in [0.2, 0.25) is 0 Å². The average molecular weight is 454 g/mol. The van der Waals surface area contributed by atoms with Crippen molar-refractivity contribution in [2.24, 2.45) is 5.10 Å². The van der Waals surface area contributed by atoms with Crippen LogP contribution in [0.4, 0.5) is 4.39 Å². The second-order valence-corrected chi connectivity index (χ2v) is 7.18. The van der Waals surface area contributed by atoms with E-state index in [2.05, 4.69) is 10.1 Å². The van der Waals surface area contributed by atoms with Crippen molar-refractivity contribution in [3.8, 4) is 11.5 Å². The Morgan fingerprint density at radius 2 is 1.88 bits per heavy atom. The molecule has 0 unspecified atom stereocenters. The van der Waals surface area contributed by atoms with Gasteiger partial charge in [-0.3, -0.25) is 4.79 Å². The summed E-state index contributed by atoms with van der Waals surface area (Å²) in [5, 5.41) is 4.67. The molecule has 0 aliphatic carbocycles. The highest BCUT2D eigenvalue weighted by Gasteiger charge is 2.14. The molecule has 1 N–H and O–H groups in total. The molecule has 0 radical (unpaired) electrons. The number of hydrogen-bond acceptors (Lipinski definition) is 5. The van der Waals surface area contributed by atoms with Crippen LogP contribution in [0.3, 0.4) is 0 Å². The molecule has 4 rings (SSSR count). The average Bonchev–Trinajstić information content (AvgIpc) is 2.78. The van der Waals surface area contributed by atoms with E-state index in [1.54, 1.807) is 42.5 Å². The fraction of sp³-hybridized carbons (Fsp3) is 0.0870. The molecule has 0 spiro atoms. The zero-order valence-electron chi connectivity index (χ0n) is 16.8. The van der Waals surface area contributed by atoms with Gasteiger partial charge in [-0.1, -0.05) is 41.9 Å². The summed E-state index contributed by atoms with van der Waals surface area (Å²) < 4.78 is 25.8. The van der Waals surface area contributed by atoms with Crippen LogP contribution in [0.5, 0.6) is 11.5 Å². The summed E-state index contributed by atoms with van der Waals surface area (Å²) in [7, 11) is 1.43. The van der Waals surface area contributed by atoms with Crippen LogP contribution in [-0.2, 0) is 6.61 Å². The largest absolute Gasteiger partial charge is 0.493 e. The third-order valence-corrected chi connectivity index (χ3v) is 4.91. The van der Waals surface area contributed by atoms with Gasteiger partial charge in [0, 0.05) is 22.2 Å². The number of rotatable bonds is 6. The summed E-state index contributed by atoms with van der Waals surface area (Å²) in [6.45, 7) is -0.0813. The Morgan fingerprint density at radius 1 is 1.12 bits per heavy atom. The second-order valence-electron chi connectivity index (χ2n) is 6.74. The first-order valence-electron chi connectivity index (χ1n) is 9.50. The Kier molecular flexibility index (Phi) is 6.04. The van der Waals surface area contributed by atoms with E-state index < -0.39 is 17.1 Å². The fourth-order valence-corrected chi connectivity index (χ4v) is 3.35. The molecule has 32 heavy (non-hydrogen) atoms. The van der Waals surface area contributed by atoms with Crippen LogP contribution in [0.1, 0.15) is 11.1 Å². The van der Waals surface area contributed by atoms with Crippen LogP contribution >= 0.6 is 11.6 Å². The summed E-state index contributed by atoms with van der Waals surface area (Å²) in [6.07, 6.45) is 1.26. The van der Waals surface area contributed by atoms with E-state index >= 15 is 0 Å². The number of halogens is 2. The summed E-state index contributed by atoms with van der Waals surface area (Å²) in [5.74, 6) is 0.106. The van der Waals surface area contributed by atoms with E-state index in [0.717, 1.165) is 0 Å². The number of hydrogen-bond donors (Lipinski definition) is 1. The number of nitrogens with zero attached hydrogens (tertiary/aromatic N) is 2. The molecule has 0 bridgehead atoms. The monoisotopic (exact) mass is 453 g/mol. The summed E-state index contributed by atoms with van der Waals surface area (Å²) in [5.41, 5.74) is -0.191. The van der Waals surface area contributed by atoms with Crippen molar-refractivity contribution in [1.82, 2.24) is 9.66 Å². The lowest BCUT2D eigenvalue weighted by atomic mass is 10.2. The molecule has 9 heteroatoms. The lowest BCUT2D eigenvalue weighted by Crippen LogP contribution is -2.32. The van der Waals surface area contributed by atoms with Crippen molar-refractivity contribution in [3.63, 3.8) is 0 Å². The summed E-state index contributed by atoms with van der Waals surface area (Å²) in [6, 6.07) is 15.9. The zero-order valence-corrected chi connectivity index (χ0v) is 17.6. The van der Waals surface area contributed by atoms with Gasteiger partial charge in [0.1, 0.15) is 12.4 Å². The Hall–Kier alpha value is -3.91. The molecule has 0 amide bonds. The van der Waals surface area contributed by atoms with Gasteiger partial charge in [-0.15, -0.1) is 4.68 Å². The van der Waals surface area contributed by atoms with Crippen LogP contribution in [0.15, 0.2) is 75.4 Å². The SMILES string of the molecule is COc1cc(Cl)cc(C=Nn2c(=O)[nH]c3ccccc3c2=O)c1OCc1ccccc1F. The maximum Gasteiger partial charge on any atom is 0.349 e. The van der Waals surface area contributed by atoms with Crippen LogP contribution < -0.4 is 20.7 Å². The van der Waals surface area contributed by atoms with Crippen LogP contribution in [0, 0.1) is 5.82 Å². The Balaban J connectivity index is 1.75. The van der Waals surface area contributed by atoms with Crippen LogP contribution in [0.2, 0.25) is 5.02 Å². The number of methoxy groups -OCH3 is 1. The van der Waals surface area contributed by atoms with Gasteiger partial charge >= 0.3 is 5.69 Å². The lowest BCUT2D eigenvalue weighted by molar-refractivity contribution is 0.279. The number of benzene rings is 3. The van der Waals surface area contributed by atoms with Gasteiger partial charge in [-0.05, 0) is 24.3 Å². The predicted molar refractivity (Wildman–Crippen MR) is 121 cm³/mol. The zero-order chi connectivity index (χ0) is 22.7. The smallest absolute Gasteiger partial charge is 0.349 e. The van der Waals surface area contributed by atoms with Crippen molar-refractivity contribution < 1.29 is 13.9 Å². The van der Waals surface area contributed by atoms with Gasteiger partial charge in [-0.2, -0.15) is 5.10 Å². The molecule has 3 aromatic carbocycles. The van der Waals surface area contributed by atoms with E-state index in [1.807, 2.05) is 0 Å². The quantitative estimate of drug-likeness (QED) is 0.448. The molecular weight excluding hydrogens is 437 g/mol. The lowest BCUT2D eigenvalue weighted by Gasteiger charge is -2.14. The first kappa shape index (κ1) is 21.3. The standard InChI is InChI=1S/C23H17ClFN3O4/c1-31-20-11-16(24)10-15(21(20)32-13-14-6-2-4-8-18(14)25)12-26-28-22(29)17-7-3-5-9-19(17)27-23(28)30/h2-12H,13H2,1H3,(H,27,30). The fourth-order valence-electron chi connectivity index (χ4n) is 3.13. The number of fused-ring (bicyclic) bond motifs is 1. The number of para-hydroxylation sites is 1. The Morgan fingerprint density at radius 3 is 2.66 bits per heavy atom.